The van der Waals surface area contributed by atoms with Crippen LogP contribution in [0.1, 0.15) is 12.8 Å². The summed E-state index contributed by atoms with van der Waals surface area (Å²) in [4.78, 5) is 14.1. The highest BCUT2D eigenvalue weighted by Gasteiger charge is 2.29. The van der Waals surface area contributed by atoms with Crippen LogP contribution in [-0.2, 0) is 4.79 Å². The van der Waals surface area contributed by atoms with Gasteiger partial charge in [0.05, 0.1) is 30.6 Å². The van der Waals surface area contributed by atoms with Crippen LogP contribution in [-0.4, -0.2) is 50.4 Å². The smallest absolute Gasteiger partial charge is 0.238 e. The molecule has 0 spiro atoms. The third kappa shape index (κ3) is 2.95. The number of fused-ring (bicyclic) bond motifs is 1. The topological polar surface area (TPSA) is 78.4 Å². The van der Waals surface area contributed by atoms with Crippen molar-refractivity contribution in [3.63, 3.8) is 0 Å². The second-order valence-corrected chi connectivity index (χ2v) is 5.44. The van der Waals surface area contributed by atoms with Crippen LogP contribution in [0.15, 0.2) is 18.2 Å². The number of nitrogens with one attached hydrogen (secondary N) is 1. The molecule has 1 fully saturated rings. The average molecular weight is 292 g/mol. The van der Waals surface area contributed by atoms with Crippen molar-refractivity contribution in [2.75, 3.05) is 25.0 Å². The third-order valence-corrected chi connectivity index (χ3v) is 3.90. The molecule has 106 valence electrons. The predicted molar refractivity (Wildman–Crippen MR) is 77.7 cm³/mol. The predicted octanol–water partition coefficient (Wildman–Crippen LogP) is 1.09. The summed E-state index contributed by atoms with van der Waals surface area (Å²) in [5.74, 6) is -0.0779. The summed E-state index contributed by atoms with van der Waals surface area (Å²) in [5.41, 5.74) is 2.22. The molecule has 1 aliphatic rings. The standard InChI is InChI=1S/C13H16N4O2S/c18-7-6-17(9-4-5-9)8-12(19)14-10-2-1-3-11-13(10)16-20-15-11/h1-3,9,18H,4-8H2,(H,14,19). The molecule has 0 unspecified atom stereocenters. The number of benzene rings is 1. The maximum absolute atomic E-state index is 12.1. The molecule has 0 atom stereocenters. The summed E-state index contributed by atoms with van der Waals surface area (Å²) >= 11 is 1.14. The van der Waals surface area contributed by atoms with E-state index in [9.17, 15) is 4.79 Å². The largest absolute Gasteiger partial charge is 0.395 e. The van der Waals surface area contributed by atoms with E-state index in [-0.39, 0.29) is 12.5 Å². The molecule has 3 rings (SSSR count). The SMILES string of the molecule is O=C(CN(CCO)C1CC1)Nc1cccc2nsnc12. The van der Waals surface area contributed by atoms with E-state index in [1.165, 1.54) is 0 Å². The summed E-state index contributed by atoms with van der Waals surface area (Å²) in [6.45, 7) is 0.926. The van der Waals surface area contributed by atoms with E-state index in [1.807, 2.05) is 23.1 Å². The number of carbonyl (C=O) groups is 1. The van der Waals surface area contributed by atoms with Gasteiger partial charge >= 0.3 is 0 Å². The first-order chi connectivity index (χ1) is 9.78. The number of amides is 1. The first-order valence-electron chi connectivity index (χ1n) is 6.64. The number of rotatable bonds is 6. The molecule has 2 aromatic rings. The number of nitrogens with zero attached hydrogens (tertiary/aromatic N) is 3. The summed E-state index contributed by atoms with van der Waals surface area (Å²) in [5, 5.41) is 11.9. The van der Waals surface area contributed by atoms with E-state index in [1.54, 1.807) is 0 Å². The fourth-order valence-electron chi connectivity index (χ4n) is 2.24. The molecule has 7 heteroatoms. The molecule has 20 heavy (non-hydrogen) atoms. The molecule has 1 aromatic carbocycles. The van der Waals surface area contributed by atoms with Gasteiger partial charge in [0, 0.05) is 12.6 Å². The Hall–Kier alpha value is -1.57. The molecule has 0 saturated heterocycles. The number of aliphatic hydroxyl groups is 1. The van der Waals surface area contributed by atoms with Gasteiger partial charge in [-0.3, -0.25) is 9.69 Å². The zero-order valence-electron chi connectivity index (χ0n) is 11.0. The van der Waals surface area contributed by atoms with Gasteiger partial charge in [-0.25, -0.2) is 0 Å². The molecular weight excluding hydrogens is 276 g/mol. The lowest BCUT2D eigenvalue weighted by Crippen LogP contribution is -2.36. The van der Waals surface area contributed by atoms with E-state index in [4.69, 9.17) is 5.11 Å². The monoisotopic (exact) mass is 292 g/mol. The number of aliphatic hydroxyl groups excluding tert-OH is 1. The molecule has 1 amide bonds. The summed E-state index contributed by atoms with van der Waals surface area (Å²) in [6.07, 6.45) is 2.22. The highest BCUT2D eigenvalue weighted by molar-refractivity contribution is 7.00. The Morgan fingerprint density at radius 2 is 2.30 bits per heavy atom. The van der Waals surface area contributed by atoms with E-state index in [0.717, 1.165) is 35.6 Å². The molecule has 0 bridgehead atoms. The highest BCUT2D eigenvalue weighted by Crippen LogP contribution is 2.26. The first-order valence-corrected chi connectivity index (χ1v) is 7.37. The molecule has 2 N–H and O–H groups in total. The van der Waals surface area contributed by atoms with Crippen LogP contribution in [0.4, 0.5) is 5.69 Å². The molecular formula is C13H16N4O2S. The minimum atomic E-state index is -0.0779. The second kappa shape index (κ2) is 5.82. The van der Waals surface area contributed by atoms with Crippen molar-refractivity contribution in [2.24, 2.45) is 0 Å². The normalized spacial score (nSPS) is 14.9. The Labute approximate surface area is 120 Å². The quantitative estimate of drug-likeness (QED) is 0.833. The van der Waals surface area contributed by atoms with Crippen molar-refractivity contribution in [3.05, 3.63) is 18.2 Å². The Bertz CT molecular complexity index is 611. The van der Waals surface area contributed by atoms with Gasteiger partial charge in [0.15, 0.2) is 0 Å². The maximum atomic E-state index is 12.1. The fourth-order valence-corrected chi connectivity index (χ4v) is 2.79. The Balaban J connectivity index is 1.67. The molecule has 6 nitrogen and oxygen atoms in total. The van der Waals surface area contributed by atoms with Gasteiger partial charge in [0.2, 0.25) is 5.91 Å². The van der Waals surface area contributed by atoms with Crippen LogP contribution in [0.2, 0.25) is 0 Å². The summed E-state index contributed by atoms with van der Waals surface area (Å²) in [7, 11) is 0. The van der Waals surface area contributed by atoms with Gasteiger partial charge in [-0.05, 0) is 25.0 Å². The molecule has 1 saturated carbocycles. The molecule has 0 radical (unpaired) electrons. The highest BCUT2D eigenvalue weighted by atomic mass is 32.1. The Morgan fingerprint density at radius 1 is 1.45 bits per heavy atom. The summed E-state index contributed by atoms with van der Waals surface area (Å²) in [6, 6.07) is 6.00. The van der Waals surface area contributed by atoms with Crippen LogP contribution in [0, 0.1) is 0 Å². The van der Waals surface area contributed by atoms with Crippen molar-refractivity contribution in [1.82, 2.24) is 13.6 Å². The Morgan fingerprint density at radius 3 is 3.05 bits per heavy atom. The zero-order chi connectivity index (χ0) is 13.9. The lowest BCUT2D eigenvalue weighted by atomic mass is 10.2. The van der Waals surface area contributed by atoms with E-state index >= 15 is 0 Å². The van der Waals surface area contributed by atoms with E-state index < -0.39 is 0 Å². The minimum Gasteiger partial charge on any atom is -0.395 e. The van der Waals surface area contributed by atoms with Crippen molar-refractivity contribution in [2.45, 2.75) is 18.9 Å². The number of hydrogen-bond acceptors (Lipinski definition) is 6. The van der Waals surface area contributed by atoms with Crippen molar-refractivity contribution >= 4 is 34.4 Å². The number of aromatic nitrogens is 2. The number of anilines is 1. The van der Waals surface area contributed by atoms with Crippen LogP contribution in [0.25, 0.3) is 11.0 Å². The minimum absolute atomic E-state index is 0.0779. The van der Waals surface area contributed by atoms with Gasteiger partial charge in [-0.15, -0.1) is 0 Å². The lowest BCUT2D eigenvalue weighted by molar-refractivity contribution is -0.117. The number of carbonyl (C=O) groups excluding carboxylic acids is 1. The maximum Gasteiger partial charge on any atom is 0.238 e. The van der Waals surface area contributed by atoms with E-state index in [2.05, 4.69) is 14.1 Å². The van der Waals surface area contributed by atoms with Gasteiger partial charge in [0.25, 0.3) is 0 Å². The Kier molecular flexibility index (Phi) is 3.90. The van der Waals surface area contributed by atoms with E-state index in [0.29, 0.717) is 24.8 Å². The van der Waals surface area contributed by atoms with Crippen molar-refractivity contribution in [3.8, 4) is 0 Å². The van der Waals surface area contributed by atoms with Crippen molar-refractivity contribution in [1.29, 1.82) is 0 Å². The van der Waals surface area contributed by atoms with Gasteiger partial charge < -0.3 is 10.4 Å². The van der Waals surface area contributed by atoms with Crippen LogP contribution in [0.5, 0.6) is 0 Å². The second-order valence-electron chi connectivity index (χ2n) is 4.91. The van der Waals surface area contributed by atoms with Crippen LogP contribution in [0.3, 0.4) is 0 Å². The lowest BCUT2D eigenvalue weighted by Gasteiger charge is -2.20. The number of hydrogen-bond donors (Lipinski definition) is 2. The van der Waals surface area contributed by atoms with Crippen LogP contribution < -0.4 is 5.32 Å². The molecule has 1 aliphatic carbocycles. The van der Waals surface area contributed by atoms with Gasteiger partial charge in [-0.1, -0.05) is 6.07 Å². The molecule has 1 aromatic heterocycles. The molecule has 0 aliphatic heterocycles. The van der Waals surface area contributed by atoms with Gasteiger partial charge in [-0.2, -0.15) is 8.75 Å². The third-order valence-electron chi connectivity index (χ3n) is 3.36. The van der Waals surface area contributed by atoms with Crippen LogP contribution >= 0.6 is 11.7 Å². The van der Waals surface area contributed by atoms with Gasteiger partial charge in [0.1, 0.15) is 11.0 Å². The average Bonchev–Trinajstić information content (AvgIpc) is 3.16. The summed E-state index contributed by atoms with van der Waals surface area (Å²) < 4.78 is 8.35. The zero-order valence-corrected chi connectivity index (χ0v) is 11.8. The first kappa shape index (κ1) is 13.4. The van der Waals surface area contributed by atoms with Crippen molar-refractivity contribution < 1.29 is 9.90 Å². The molecule has 1 heterocycles. The fraction of sp³-hybridized carbons (Fsp3) is 0.462.